The van der Waals surface area contributed by atoms with Gasteiger partial charge in [0.05, 0.1) is 25.0 Å². The van der Waals surface area contributed by atoms with E-state index in [9.17, 15) is 10.1 Å². The molecule has 7 heteroatoms. The second-order valence-electron chi connectivity index (χ2n) is 4.79. The lowest BCUT2D eigenvalue weighted by molar-refractivity contribution is -0.00502. The highest BCUT2D eigenvalue weighted by Crippen LogP contribution is 2.39. The smallest absolute Gasteiger partial charge is 0.350 e. The van der Waals surface area contributed by atoms with Gasteiger partial charge in [-0.25, -0.2) is 4.79 Å². The van der Waals surface area contributed by atoms with Crippen LogP contribution in [0.5, 0.6) is 0 Å². The highest BCUT2D eigenvalue weighted by atomic mass is 32.1. The van der Waals surface area contributed by atoms with Crippen LogP contribution in [-0.2, 0) is 9.47 Å². The van der Waals surface area contributed by atoms with Gasteiger partial charge in [-0.15, -0.1) is 11.3 Å². The van der Waals surface area contributed by atoms with Crippen molar-refractivity contribution in [1.82, 2.24) is 0 Å². The Morgan fingerprint density at radius 3 is 2.60 bits per heavy atom. The Morgan fingerprint density at radius 2 is 2.10 bits per heavy atom. The van der Waals surface area contributed by atoms with Gasteiger partial charge in [0.1, 0.15) is 21.5 Å². The second-order valence-corrected chi connectivity index (χ2v) is 5.79. The van der Waals surface area contributed by atoms with Crippen LogP contribution in [0.1, 0.15) is 29.1 Å². The van der Waals surface area contributed by atoms with Gasteiger partial charge >= 0.3 is 5.97 Å². The summed E-state index contributed by atoms with van der Waals surface area (Å²) in [7, 11) is 1.30. The van der Waals surface area contributed by atoms with Gasteiger partial charge in [0.2, 0.25) is 0 Å². The highest BCUT2D eigenvalue weighted by Gasteiger charge is 2.29. The molecule has 0 saturated carbocycles. The zero-order chi connectivity index (χ0) is 14.9. The minimum Gasteiger partial charge on any atom is -0.465 e. The van der Waals surface area contributed by atoms with Crippen LogP contribution in [0.25, 0.3) is 0 Å². The third-order valence-electron chi connectivity index (χ3n) is 3.12. The fraction of sp³-hybridized carbons (Fsp3) is 0.538. The van der Waals surface area contributed by atoms with Crippen molar-refractivity contribution in [1.29, 1.82) is 5.26 Å². The summed E-state index contributed by atoms with van der Waals surface area (Å²) >= 11 is 1.20. The number of hydrogen-bond acceptors (Lipinski definition) is 7. The molecule has 108 valence electrons. The molecular weight excluding hydrogens is 278 g/mol. The number of morpholine rings is 1. The molecule has 0 bridgehead atoms. The van der Waals surface area contributed by atoms with Gasteiger partial charge < -0.3 is 20.1 Å². The zero-order valence-electron chi connectivity index (χ0n) is 11.7. The molecule has 1 saturated heterocycles. The molecule has 2 N–H and O–H groups in total. The highest BCUT2D eigenvalue weighted by molar-refractivity contribution is 7.18. The number of esters is 1. The predicted molar refractivity (Wildman–Crippen MR) is 77.0 cm³/mol. The molecule has 0 aromatic carbocycles. The lowest BCUT2D eigenvalue weighted by Crippen LogP contribution is -2.45. The maximum atomic E-state index is 11.7. The molecule has 20 heavy (non-hydrogen) atoms. The van der Waals surface area contributed by atoms with Gasteiger partial charge in [-0.05, 0) is 13.8 Å². The van der Waals surface area contributed by atoms with Crippen LogP contribution in [-0.4, -0.2) is 38.4 Å². The quantitative estimate of drug-likeness (QED) is 0.834. The van der Waals surface area contributed by atoms with Gasteiger partial charge in [0.15, 0.2) is 0 Å². The third kappa shape index (κ3) is 2.57. The fourth-order valence-electron chi connectivity index (χ4n) is 2.35. The normalized spacial score (nSPS) is 22.4. The standard InChI is InChI=1S/C13H17N3O3S/c1-7-5-16(6-8(2)19-7)12-9(4-14)10(15)11(20-12)13(17)18-3/h7-8H,5-6,15H2,1-3H3/t7-,8+. The summed E-state index contributed by atoms with van der Waals surface area (Å²) in [5.74, 6) is -0.510. The average molecular weight is 295 g/mol. The van der Waals surface area contributed by atoms with Gasteiger partial charge in [-0.1, -0.05) is 0 Å². The molecule has 0 radical (unpaired) electrons. The third-order valence-corrected chi connectivity index (χ3v) is 4.36. The molecule has 2 rings (SSSR count). The molecule has 1 aromatic rings. The number of methoxy groups -OCH3 is 1. The van der Waals surface area contributed by atoms with E-state index in [0.29, 0.717) is 23.7 Å². The predicted octanol–water partition coefficient (Wildman–Crippen LogP) is 1.60. The number of nitriles is 1. The lowest BCUT2D eigenvalue weighted by atomic mass is 10.2. The van der Waals surface area contributed by atoms with Gasteiger partial charge in [-0.2, -0.15) is 5.26 Å². The SMILES string of the molecule is COC(=O)c1sc(N2C[C@@H](C)O[C@@H](C)C2)c(C#N)c1N. The molecule has 0 spiro atoms. The lowest BCUT2D eigenvalue weighted by Gasteiger charge is -2.36. The van der Waals surface area contributed by atoms with Crippen molar-refractivity contribution in [2.24, 2.45) is 0 Å². The van der Waals surface area contributed by atoms with Crippen molar-refractivity contribution in [3.8, 4) is 6.07 Å². The van der Waals surface area contributed by atoms with Crippen molar-refractivity contribution in [3.63, 3.8) is 0 Å². The van der Waals surface area contributed by atoms with Gasteiger partial charge in [0.25, 0.3) is 0 Å². The number of carbonyl (C=O) groups is 1. The molecule has 2 atom stereocenters. The van der Waals surface area contributed by atoms with E-state index >= 15 is 0 Å². The molecular formula is C13H17N3O3S. The largest absolute Gasteiger partial charge is 0.465 e. The summed E-state index contributed by atoms with van der Waals surface area (Å²) in [6, 6.07) is 2.09. The Labute approximate surface area is 121 Å². The van der Waals surface area contributed by atoms with Crippen molar-refractivity contribution in [2.45, 2.75) is 26.1 Å². The van der Waals surface area contributed by atoms with Gasteiger partial charge in [0, 0.05) is 13.1 Å². The van der Waals surface area contributed by atoms with E-state index in [4.69, 9.17) is 15.2 Å². The van der Waals surface area contributed by atoms with Crippen molar-refractivity contribution >= 4 is 28.0 Å². The number of hydrogen-bond donors (Lipinski definition) is 1. The molecule has 2 heterocycles. The molecule has 6 nitrogen and oxygen atoms in total. The minimum absolute atomic E-state index is 0.0650. The number of rotatable bonds is 2. The van der Waals surface area contributed by atoms with Crippen LogP contribution in [0, 0.1) is 11.3 Å². The summed E-state index contributed by atoms with van der Waals surface area (Å²) in [5, 5.41) is 10.0. The number of nitrogen functional groups attached to an aromatic ring is 1. The maximum Gasteiger partial charge on any atom is 0.350 e. The van der Waals surface area contributed by atoms with E-state index in [0.717, 1.165) is 0 Å². The minimum atomic E-state index is -0.510. The van der Waals surface area contributed by atoms with Crippen LogP contribution in [0.15, 0.2) is 0 Å². The second kappa shape index (κ2) is 5.69. The number of ether oxygens (including phenoxy) is 2. The molecule has 1 aliphatic heterocycles. The van der Waals surface area contributed by atoms with Crippen LogP contribution in [0.3, 0.4) is 0 Å². The van der Waals surface area contributed by atoms with Crippen molar-refractivity contribution in [2.75, 3.05) is 30.8 Å². The summed E-state index contributed by atoms with van der Waals surface area (Å²) in [6.07, 6.45) is 0.130. The molecule has 1 fully saturated rings. The fourth-order valence-corrected chi connectivity index (χ4v) is 3.46. The van der Waals surface area contributed by atoms with Crippen LogP contribution < -0.4 is 10.6 Å². The first-order chi connectivity index (χ1) is 9.47. The number of carbonyl (C=O) groups excluding carboxylic acids is 1. The number of nitrogens with two attached hydrogens (primary N) is 1. The molecule has 0 unspecified atom stereocenters. The molecule has 0 amide bonds. The van der Waals surface area contributed by atoms with Crippen LogP contribution in [0.4, 0.5) is 10.7 Å². The van der Waals surface area contributed by atoms with Crippen LogP contribution >= 0.6 is 11.3 Å². The Kier molecular flexibility index (Phi) is 4.16. The number of nitrogens with zero attached hydrogens (tertiary/aromatic N) is 2. The van der Waals surface area contributed by atoms with Crippen molar-refractivity contribution in [3.05, 3.63) is 10.4 Å². The summed E-state index contributed by atoms with van der Waals surface area (Å²) in [4.78, 5) is 14.0. The number of thiophene rings is 1. The zero-order valence-corrected chi connectivity index (χ0v) is 12.5. The molecule has 1 aliphatic rings. The first-order valence-electron chi connectivity index (χ1n) is 6.29. The van der Waals surface area contributed by atoms with Crippen LogP contribution in [0.2, 0.25) is 0 Å². The average Bonchev–Trinajstić information content (AvgIpc) is 2.73. The van der Waals surface area contributed by atoms with E-state index in [-0.39, 0.29) is 22.8 Å². The Hall–Kier alpha value is -1.78. The summed E-state index contributed by atoms with van der Waals surface area (Å²) in [6.45, 7) is 5.29. The first-order valence-corrected chi connectivity index (χ1v) is 7.10. The summed E-state index contributed by atoms with van der Waals surface area (Å²) in [5.41, 5.74) is 6.44. The summed E-state index contributed by atoms with van der Waals surface area (Å²) < 4.78 is 10.4. The van der Waals surface area contributed by atoms with Gasteiger partial charge in [-0.3, -0.25) is 0 Å². The van der Waals surface area contributed by atoms with E-state index in [1.54, 1.807) is 0 Å². The topological polar surface area (TPSA) is 88.6 Å². The van der Waals surface area contributed by atoms with E-state index in [1.165, 1.54) is 18.4 Å². The molecule has 1 aromatic heterocycles. The maximum absolute atomic E-state index is 11.7. The van der Waals surface area contributed by atoms with E-state index in [1.807, 2.05) is 18.7 Å². The Balaban J connectivity index is 2.41. The first kappa shape index (κ1) is 14.6. The van der Waals surface area contributed by atoms with E-state index < -0.39 is 5.97 Å². The monoisotopic (exact) mass is 295 g/mol. The molecule has 0 aliphatic carbocycles. The number of anilines is 2. The van der Waals surface area contributed by atoms with Crippen molar-refractivity contribution < 1.29 is 14.3 Å². The van der Waals surface area contributed by atoms with E-state index in [2.05, 4.69) is 6.07 Å². The Morgan fingerprint density at radius 1 is 1.50 bits per heavy atom. The Bertz CT molecular complexity index is 554.